The second-order valence-electron chi connectivity index (χ2n) is 3.95. The van der Waals surface area contributed by atoms with E-state index in [4.69, 9.17) is 4.74 Å². The highest BCUT2D eigenvalue weighted by molar-refractivity contribution is 5.74. The molecule has 1 heterocycles. The van der Waals surface area contributed by atoms with Crippen LogP contribution in [0.3, 0.4) is 0 Å². The minimum atomic E-state index is -0.391. The summed E-state index contributed by atoms with van der Waals surface area (Å²) in [5.74, 6) is 0. The molecule has 0 saturated carbocycles. The predicted octanol–water partition coefficient (Wildman–Crippen LogP) is 1.56. The second kappa shape index (κ2) is 7.44. The molecule has 5 heteroatoms. The van der Waals surface area contributed by atoms with Crippen molar-refractivity contribution in [3.63, 3.8) is 0 Å². The fraction of sp³-hybridized carbons (Fsp3) is 0.909. The first-order valence-corrected chi connectivity index (χ1v) is 5.98. The number of nitrogens with zero attached hydrogens (tertiary/aromatic N) is 1. The lowest BCUT2D eigenvalue weighted by molar-refractivity contribution is 0.0826. The quantitative estimate of drug-likeness (QED) is 0.706. The minimum absolute atomic E-state index is 0.119. The first kappa shape index (κ1) is 13.2. The van der Waals surface area contributed by atoms with E-state index < -0.39 is 6.67 Å². The molecule has 0 aliphatic carbocycles. The van der Waals surface area contributed by atoms with E-state index in [2.05, 4.69) is 5.32 Å². The molecule has 1 N–H and O–H groups in total. The number of alkyl halides is 1. The monoisotopic (exact) mass is 232 g/mol. The van der Waals surface area contributed by atoms with Gasteiger partial charge in [0, 0.05) is 26.2 Å². The summed E-state index contributed by atoms with van der Waals surface area (Å²) < 4.78 is 17.3. The average molecular weight is 232 g/mol. The smallest absolute Gasteiger partial charge is 0.317 e. The Morgan fingerprint density at radius 1 is 1.62 bits per heavy atom. The SMILES string of the molecule is CCN(CC1CCCO1)C(=O)NCCCF. The van der Waals surface area contributed by atoms with Crippen LogP contribution >= 0.6 is 0 Å². The summed E-state index contributed by atoms with van der Waals surface area (Å²) >= 11 is 0. The van der Waals surface area contributed by atoms with Gasteiger partial charge in [-0.1, -0.05) is 0 Å². The summed E-state index contributed by atoms with van der Waals surface area (Å²) in [6.07, 6.45) is 2.65. The van der Waals surface area contributed by atoms with Gasteiger partial charge in [0.15, 0.2) is 0 Å². The number of nitrogens with one attached hydrogen (secondary N) is 1. The van der Waals surface area contributed by atoms with Crippen LogP contribution in [0, 0.1) is 0 Å². The van der Waals surface area contributed by atoms with Gasteiger partial charge in [0.1, 0.15) is 0 Å². The molecule has 0 bridgehead atoms. The molecule has 2 amide bonds. The van der Waals surface area contributed by atoms with Crippen LogP contribution in [0.5, 0.6) is 0 Å². The van der Waals surface area contributed by atoms with Gasteiger partial charge >= 0.3 is 6.03 Å². The molecular formula is C11H21FN2O2. The number of halogens is 1. The Morgan fingerprint density at radius 2 is 2.44 bits per heavy atom. The third-order valence-corrected chi connectivity index (χ3v) is 2.70. The van der Waals surface area contributed by atoms with E-state index in [0.717, 1.165) is 19.4 Å². The highest BCUT2D eigenvalue weighted by atomic mass is 19.1. The van der Waals surface area contributed by atoms with Crippen molar-refractivity contribution in [1.29, 1.82) is 0 Å². The molecule has 16 heavy (non-hydrogen) atoms. The van der Waals surface area contributed by atoms with Crippen molar-refractivity contribution in [2.45, 2.75) is 32.3 Å². The third-order valence-electron chi connectivity index (χ3n) is 2.70. The van der Waals surface area contributed by atoms with Gasteiger partial charge in [-0.15, -0.1) is 0 Å². The normalized spacial score (nSPS) is 19.8. The maximum absolute atomic E-state index is 11.9. The molecule has 1 aliphatic heterocycles. The zero-order chi connectivity index (χ0) is 11.8. The van der Waals surface area contributed by atoms with E-state index in [1.807, 2.05) is 6.92 Å². The van der Waals surface area contributed by atoms with Crippen LogP contribution in [0.2, 0.25) is 0 Å². The van der Waals surface area contributed by atoms with Crippen molar-refractivity contribution in [2.75, 3.05) is 32.9 Å². The van der Waals surface area contributed by atoms with Crippen molar-refractivity contribution in [3.05, 3.63) is 0 Å². The number of carbonyl (C=O) groups is 1. The van der Waals surface area contributed by atoms with Gasteiger partial charge < -0.3 is 15.0 Å². The summed E-state index contributed by atoms with van der Waals surface area (Å²) in [4.78, 5) is 13.4. The first-order valence-electron chi connectivity index (χ1n) is 5.98. The average Bonchev–Trinajstić information content (AvgIpc) is 2.78. The molecule has 0 radical (unpaired) electrons. The molecule has 1 fully saturated rings. The van der Waals surface area contributed by atoms with E-state index in [1.54, 1.807) is 4.90 Å². The van der Waals surface area contributed by atoms with E-state index >= 15 is 0 Å². The number of hydrogen-bond acceptors (Lipinski definition) is 2. The molecule has 1 atom stereocenters. The van der Waals surface area contributed by atoms with Crippen molar-refractivity contribution in [1.82, 2.24) is 10.2 Å². The van der Waals surface area contributed by atoms with Gasteiger partial charge in [-0.05, 0) is 26.2 Å². The molecule has 1 saturated heterocycles. The Morgan fingerprint density at radius 3 is 3.00 bits per heavy atom. The number of urea groups is 1. The second-order valence-corrected chi connectivity index (χ2v) is 3.95. The van der Waals surface area contributed by atoms with Gasteiger partial charge in [-0.25, -0.2) is 4.79 Å². The highest BCUT2D eigenvalue weighted by Crippen LogP contribution is 2.13. The molecule has 0 aromatic heterocycles. The number of carbonyl (C=O) groups excluding carboxylic acids is 1. The van der Waals surface area contributed by atoms with E-state index in [1.165, 1.54) is 0 Å². The minimum Gasteiger partial charge on any atom is -0.376 e. The summed E-state index contributed by atoms with van der Waals surface area (Å²) in [7, 11) is 0. The number of hydrogen-bond donors (Lipinski definition) is 1. The number of rotatable bonds is 6. The molecule has 4 nitrogen and oxygen atoms in total. The summed E-state index contributed by atoms with van der Waals surface area (Å²) in [5.41, 5.74) is 0. The van der Waals surface area contributed by atoms with Crippen molar-refractivity contribution < 1.29 is 13.9 Å². The van der Waals surface area contributed by atoms with E-state index in [-0.39, 0.29) is 12.1 Å². The predicted molar refractivity (Wildman–Crippen MR) is 60.2 cm³/mol. The Balaban J connectivity index is 2.25. The molecule has 94 valence electrons. The molecule has 1 unspecified atom stereocenters. The Labute approximate surface area is 96.1 Å². The van der Waals surface area contributed by atoms with Crippen molar-refractivity contribution in [3.8, 4) is 0 Å². The highest BCUT2D eigenvalue weighted by Gasteiger charge is 2.21. The lowest BCUT2D eigenvalue weighted by atomic mass is 10.2. The molecule has 0 aromatic rings. The summed E-state index contributed by atoms with van der Waals surface area (Å²) in [6, 6.07) is -0.119. The number of likely N-dealkylation sites (N-methyl/N-ethyl adjacent to an activating group) is 1. The van der Waals surface area contributed by atoms with Gasteiger partial charge in [-0.2, -0.15) is 0 Å². The fourth-order valence-corrected chi connectivity index (χ4v) is 1.76. The zero-order valence-electron chi connectivity index (χ0n) is 9.88. The van der Waals surface area contributed by atoms with E-state index in [0.29, 0.717) is 26.1 Å². The first-order chi connectivity index (χ1) is 7.77. The van der Waals surface area contributed by atoms with Crippen LogP contribution in [0.25, 0.3) is 0 Å². The molecule has 1 rings (SSSR count). The van der Waals surface area contributed by atoms with Crippen molar-refractivity contribution >= 4 is 6.03 Å². The molecule has 0 spiro atoms. The summed E-state index contributed by atoms with van der Waals surface area (Å²) in [5, 5.41) is 2.70. The molecule has 1 aliphatic rings. The maximum Gasteiger partial charge on any atom is 0.317 e. The Hall–Kier alpha value is -0.840. The van der Waals surface area contributed by atoms with Crippen LogP contribution in [0.4, 0.5) is 9.18 Å². The van der Waals surface area contributed by atoms with Crippen LogP contribution in [-0.2, 0) is 4.74 Å². The third kappa shape index (κ3) is 4.35. The van der Waals surface area contributed by atoms with Crippen LogP contribution < -0.4 is 5.32 Å². The standard InChI is InChI=1S/C11H21FN2O2/c1-2-14(9-10-5-3-8-16-10)11(15)13-7-4-6-12/h10H,2-9H2,1H3,(H,13,15). The number of ether oxygens (including phenoxy) is 1. The largest absolute Gasteiger partial charge is 0.376 e. The topological polar surface area (TPSA) is 41.6 Å². The van der Waals surface area contributed by atoms with Gasteiger partial charge in [0.2, 0.25) is 0 Å². The Kier molecular flexibility index (Phi) is 6.15. The van der Waals surface area contributed by atoms with Crippen molar-refractivity contribution in [2.24, 2.45) is 0 Å². The lowest BCUT2D eigenvalue weighted by Crippen LogP contribution is -2.43. The van der Waals surface area contributed by atoms with Crippen LogP contribution in [0.1, 0.15) is 26.2 Å². The molecule has 0 aromatic carbocycles. The fourth-order valence-electron chi connectivity index (χ4n) is 1.76. The van der Waals surface area contributed by atoms with Gasteiger partial charge in [-0.3, -0.25) is 4.39 Å². The number of amides is 2. The van der Waals surface area contributed by atoms with E-state index in [9.17, 15) is 9.18 Å². The van der Waals surface area contributed by atoms with Gasteiger partial charge in [0.05, 0.1) is 12.8 Å². The molecular weight excluding hydrogens is 211 g/mol. The van der Waals surface area contributed by atoms with Crippen LogP contribution in [-0.4, -0.2) is 50.0 Å². The van der Waals surface area contributed by atoms with Crippen LogP contribution in [0.15, 0.2) is 0 Å². The summed E-state index contributed by atoms with van der Waals surface area (Å²) in [6.45, 7) is 4.03. The lowest BCUT2D eigenvalue weighted by Gasteiger charge is -2.24. The maximum atomic E-state index is 11.9. The Bertz CT molecular complexity index is 208. The zero-order valence-corrected chi connectivity index (χ0v) is 9.88. The van der Waals surface area contributed by atoms with Gasteiger partial charge in [0.25, 0.3) is 0 Å².